The fourth-order valence-corrected chi connectivity index (χ4v) is 1.98. The third kappa shape index (κ3) is 2.45. The summed E-state index contributed by atoms with van der Waals surface area (Å²) in [6.45, 7) is 7.78. The summed E-state index contributed by atoms with van der Waals surface area (Å²) >= 11 is 0. The number of oxazole rings is 1. The van der Waals surface area contributed by atoms with Crippen molar-refractivity contribution in [3.05, 3.63) is 23.3 Å². The normalized spacial score (nSPS) is 11.7. The molecule has 0 aliphatic heterocycles. The number of ether oxygens (including phenoxy) is 1. The van der Waals surface area contributed by atoms with Crippen molar-refractivity contribution in [1.82, 2.24) is 14.8 Å². The number of methoxy groups -OCH3 is 1. The molecule has 0 bridgehead atoms. The lowest BCUT2D eigenvalue weighted by Crippen LogP contribution is -2.17. The lowest BCUT2D eigenvalue weighted by molar-refractivity contribution is 0.0562. The SMILES string of the molecule is COC(=O)c1oc(-c2cn(C)nc2C)nc1C(C)(C)C. The van der Waals surface area contributed by atoms with Crippen molar-refractivity contribution in [2.24, 2.45) is 7.05 Å². The number of aromatic nitrogens is 3. The molecule has 6 nitrogen and oxygen atoms in total. The van der Waals surface area contributed by atoms with E-state index in [-0.39, 0.29) is 11.2 Å². The Morgan fingerprint density at radius 2 is 2.05 bits per heavy atom. The van der Waals surface area contributed by atoms with Crippen LogP contribution >= 0.6 is 0 Å². The minimum Gasteiger partial charge on any atom is -0.463 e. The molecule has 0 N–H and O–H groups in total. The molecule has 0 atom stereocenters. The molecule has 20 heavy (non-hydrogen) atoms. The molecule has 2 aromatic rings. The predicted molar refractivity (Wildman–Crippen MR) is 73.5 cm³/mol. The Morgan fingerprint density at radius 3 is 2.50 bits per heavy atom. The van der Waals surface area contributed by atoms with Crippen molar-refractivity contribution in [2.75, 3.05) is 7.11 Å². The molecule has 0 aromatic carbocycles. The second-order valence-electron chi connectivity index (χ2n) is 5.74. The van der Waals surface area contributed by atoms with Crippen molar-refractivity contribution >= 4 is 5.97 Å². The van der Waals surface area contributed by atoms with Gasteiger partial charge in [0, 0.05) is 18.7 Å². The molecule has 0 aliphatic carbocycles. The maximum atomic E-state index is 11.8. The van der Waals surface area contributed by atoms with Gasteiger partial charge in [0.05, 0.1) is 18.4 Å². The van der Waals surface area contributed by atoms with Crippen molar-refractivity contribution in [1.29, 1.82) is 0 Å². The third-order valence-electron chi connectivity index (χ3n) is 2.95. The van der Waals surface area contributed by atoms with E-state index in [1.54, 1.807) is 4.68 Å². The third-order valence-corrected chi connectivity index (χ3v) is 2.95. The first kappa shape index (κ1) is 14.3. The first-order valence-electron chi connectivity index (χ1n) is 6.34. The number of esters is 1. The fourth-order valence-electron chi connectivity index (χ4n) is 1.98. The molecular formula is C14H19N3O3. The van der Waals surface area contributed by atoms with Crippen LogP contribution in [0, 0.1) is 6.92 Å². The molecule has 0 radical (unpaired) electrons. The summed E-state index contributed by atoms with van der Waals surface area (Å²) in [5.74, 6) is 0.0226. The smallest absolute Gasteiger partial charge is 0.376 e. The number of carbonyl (C=O) groups is 1. The largest absolute Gasteiger partial charge is 0.463 e. The van der Waals surface area contributed by atoms with Gasteiger partial charge in [0.1, 0.15) is 5.69 Å². The van der Waals surface area contributed by atoms with Crippen LogP contribution in [0.25, 0.3) is 11.5 Å². The first-order chi connectivity index (χ1) is 9.24. The average molecular weight is 277 g/mol. The van der Waals surface area contributed by atoms with E-state index in [1.807, 2.05) is 40.9 Å². The van der Waals surface area contributed by atoms with Gasteiger partial charge in [0.25, 0.3) is 0 Å². The van der Waals surface area contributed by atoms with Crippen LogP contribution in [0.3, 0.4) is 0 Å². The van der Waals surface area contributed by atoms with E-state index < -0.39 is 5.97 Å². The maximum Gasteiger partial charge on any atom is 0.376 e. The number of hydrogen-bond donors (Lipinski definition) is 0. The minimum absolute atomic E-state index is 0.151. The Balaban J connectivity index is 2.60. The van der Waals surface area contributed by atoms with Crippen LogP contribution in [0.5, 0.6) is 0 Å². The molecule has 2 rings (SSSR count). The second-order valence-corrected chi connectivity index (χ2v) is 5.74. The molecule has 0 amide bonds. The Kier molecular flexibility index (Phi) is 3.41. The van der Waals surface area contributed by atoms with E-state index in [9.17, 15) is 4.79 Å². The second kappa shape index (κ2) is 4.77. The molecular weight excluding hydrogens is 258 g/mol. The molecule has 0 fully saturated rings. The number of hydrogen-bond acceptors (Lipinski definition) is 5. The molecule has 108 valence electrons. The molecule has 0 aliphatic rings. The van der Waals surface area contributed by atoms with E-state index in [0.717, 1.165) is 11.3 Å². The van der Waals surface area contributed by atoms with Gasteiger partial charge in [-0.2, -0.15) is 5.10 Å². The van der Waals surface area contributed by atoms with Gasteiger partial charge in [-0.3, -0.25) is 4.68 Å². The number of rotatable bonds is 2. The molecule has 0 unspecified atom stereocenters. The zero-order valence-electron chi connectivity index (χ0n) is 12.6. The van der Waals surface area contributed by atoms with Crippen LogP contribution in [0.15, 0.2) is 10.6 Å². The topological polar surface area (TPSA) is 70.2 Å². The molecule has 0 saturated heterocycles. The highest BCUT2D eigenvalue weighted by molar-refractivity contribution is 5.88. The molecule has 6 heteroatoms. The molecule has 0 spiro atoms. The fraction of sp³-hybridized carbons (Fsp3) is 0.500. The Morgan fingerprint density at radius 1 is 1.40 bits per heavy atom. The van der Waals surface area contributed by atoms with Gasteiger partial charge in [0.2, 0.25) is 11.7 Å². The Hall–Kier alpha value is -2.11. The lowest BCUT2D eigenvalue weighted by Gasteiger charge is -2.15. The molecule has 2 aromatic heterocycles. The molecule has 0 saturated carbocycles. The van der Waals surface area contributed by atoms with E-state index >= 15 is 0 Å². The van der Waals surface area contributed by atoms with Gasteiger partial charge in [-0.25, -0.2) is 9.78 Å². The van der Waals surface area contributed by atoms with E-state index in [1.165, 1.54) is 7.11 Å². The average Bonchev–Trinajstić information content (AvgIpc) is 2.91. The number of aryl methyl sites for hydroxylation is 2. The quantitative estimate of drug-likeness (QED) is 0.789. The monoisotopic (exact) mass is 277 g/mol. The van der Waals surface area contributed by atoms with Gasteiger partial charge < -0.3 is 9.15 Å². The van der Waals surface area contributed by atoms with Crippen LogP contribution in [-0.4, -0.2) is 27.8 Å². The van der Waals surface area contributed by atoms with Crippen LogP contribution < -0.4 is 0 Å². The van der Waals surface area contributed by atoms with Crippen molar-refractivity contribution in [3.8, 4) is 11.5 Å². The molecule has 2 heterocycles. The highest BCUT2D eigenvalue weighted by Crippen LogP contribution is 2.31. The van der Waals surface area contributed by atoms with Crippen molar-refractivity contribution in [3.63, 3.8) is 0 Å². The standard InChI is InChI=1S/C14H19N3O3/c1-8-9(7-17(5)16-8)12-15-11(14(2,3)4)10(20-12)13(18)19-6/h7H,1-6H3. The van der Waals surface area contributed by atoms with Crippen molar-refractivity contribution in [2.45, 2.75) is 33.1 Å². The van der Waals surface area contributed by atoms with Crippen molar-refractivity contribution < 1.29 is 13.9 Å². The summed E-state index contributed by atoms with van der Waals surface area (Å²) in [5.41, 5.74) is 1.84. The van der Waals surface area contributed by atoms with Gasteiger partial charge in [-0.15, -0.1) is 0 Å². The zero-order valence-corrected chi connectivity index (χ0v) is 12.6. The summed E-state index contributed by atoms with van der Waals surface area (Å²) in [7, 11) is 3.15. The van der Waals surface area contributed by atoms with Crippen LogP contribution in [0.1, 0.15) is 42.7 Å². The summed E-state index contributed by atoms with van der Waals surface area (Å²) in [5, 5.41) is 4.25. The first-order valence-corrected chi connectivity index (χ1v) is 6.34. The lowest BCUT2D eigenvalue weighted by atomic mass is 9.91. The van der Waals surface area contributed by atoms with E-state index in [0.29, 0.717) is 11.6 Å². The van der Waals surface area contributed by atoms with Crippen LogP contribution in [0.2, 0.25) is 0 Å². The van der Waals surface area contributed by atoms with E-state index in [2.05, 4.69) is 10.1 Å². The van der Waals surface area contributed by atoms with Gasteiger partial charge in [0.15, 0.2) is 0 Å². The van der Waals surface area contributed by atoms with Gasteiger partial charge in [-0.1, -0.05) is 20.8 Å². The zero-order chi connectivity index (χ0) is 15.1. The van der Waals surface area contributed by atoms with E-state index in [4.69, 9.17) is 9.15 Å². The minimum atomic E-state index is -0.518. The van der Waals surface area contributed by atoms with Gasteiger partial charge >= 0.3 is 5.97 Å². The van der Waals surface area contributed by atoms with Gasteiger partial charge in [-0.05, 0) is 6.92 Å². The highest BCUT2D eigenvalue weighted by Gasteiger charge is 2.30. The highest BCUT2D eigenvalue weighted by atomic mass is 16.5. The number of carbonyl (C=O) groups excluding carboxylic acids is 1. The predicted octanol–water partition coefficient (Wildman–Crippen LogP) is 2.47. The Labute approximate surface area is 117 Å². The summed E-state index contributed by atoms with van der Waals surface area (Å²) in [6.07, 6.45) is 1.81. The summed E-state index contributed by atoms with van der Waals surface area (Å²) in [4.78, 5) is 16.3. The van der Waals surface area contributed by atoms with Crippen LogP contribution in [0.4, 0.5) is 0 Å². The van der Waals surface area contributed by atoms with Crippen LogP contribution in [-0.2, 0) is 17.2 Å². The Bertz CT molecular complexity index is 647. The maximum absolute atomic E-state index is 11.8. The number of nitrogens with zero attached hydrogens (tertiary/aromatic N) is 3. The summed E-state index contributed by atoms with van der Waals surface area (Å²) in [6, 6.07) is 0. The summed E-state index contributed by atoms with van der Waals surface area (Å²) < 4.78 is 12.1.